The second-order valence-corrected chi connectivity index (χ2v) is 7.69. The molecule has 0 fully saturated rings. The maximum atomic E-state index is 12.8. The largest absolute Gasteiger partial charge is 0.480 e. The number of hydrogen-bond acceptors (Lipinski definition) is 5. The van der Waals surface area contributed by atoms with Crippen LogP contribution in [0, 0.1) is 0 Å². The minimum absolute atomic E-state index is 0.0756. The van der Waals surface area contributed by atoms with Crippen molar-refractivity contribution in [3.63, 3.8) is 0 Å². The molecule has 1 aliphatic rings. The van der Waals surface area contributed by atoms with Crippen molar-refractivity contribution < 1.29 is 24.2 Å². The number of aliphatic carboxylic acids is 1. The normalized spacial score (nSPS) is 12.1. The van der Waals surface area contributed by atoms with Gasteiger partial charge < -0.3 is 14.7 Å². The van der Waals surface area contributed by atoms with Gasteiger partial charge in [0.1, 0.15) is 18.8 Å². The molecule has 0 bridgehead atoms. The summed E-state index contributed by atoms with van der Waals surface area (Å²) in [5.41, 5.74) is 4.67. The standard InChI is InChI=1S/C24H24N4O5/c1-3-28(13-21(29)30)23(31)22-20(12-25-27(22)2)26-24(32)33-14-19-17-10-6-4-8-15(17)16-9-5-7-11-18(16)19/h4-12,19H,3,13-14H2,1-2H3,(H,26,32)(H,29,30). The lowest BCUT2D eigenvalue weighted by atomic mass is 9.98. The third-order valence-corrected chi connectivity index (χ3v) is 5.72. The molecule has 0 saturated heterocycles. The molecule has 2 aromatic carbocycles. The number of anilines is 1. The van der Waals surface area contributed by atoms with E-state index in [4.69, 9.17) is 9.84 Å². The fraction of sp³-hybridized carbons (Fsp3) is 0.250. The Hall–Kier alpha value is -4.14. The van der Waals surface area contributed by atoms with E-state index in [0.717, 1.165) is 27.2 Å². The molecule has 2 amide bonds. The van der Waals surface area contributed by atoms with E-state index in [1.54, 1.807) is 14.0 Å². The van der Waals surface area contributed by atoms with Crippen LogP contribution in [0.3, 0.4) is 0 Å². The second-order valence-electron chi connectivity index (χ2n) is 7.69. The first-order chi connectivity index (χ1) is 15.9. The quantitative estimate of drug-likeness (QED) is 0.573. The average Bonchev–Trinajstić information content (AvgIpc) is 3.33. The number of carboxylic acids is 1. The molecule has 0 spiro atoms. The molecule has 2 N–H and O–H groups in total. The summed E-state index contributed by atoms with van der Waals surface area (Å²) < 4.78 is 6.83. The van der Waals surface area contributed by atoms with Crippen LogP contribution in [0.5, 0.6) is 0 Å². The van der Waals surface area contributed by atoms with Gasteiger partial charge in [-0.2, -0.15) is 5.10 Å². The summed E-state index contributed by atoms with van der Waals surface area (Å²) >= 11 is 0. The number of carbonyl (C=O) groups excluding carboxylic acids is 2. The van der Waals surface area contributed by atoms with Crippen molar-refractivity contribution in [2.45, 2.75) is 12.8 Å². The molecule has 9 nitrogen and oxygen atoms in total. The number of amides is 2. The Morgan fingerprint density at radius 3 is 2.27 bits per heavy atom. The summed E-state index contributed by atoms with van der Waals surface area (Å²) in [6, 6.07) is 16.1. The lowest BCUT2D eigenvalue weighted by molar-refractivity contribution is -0.137. The van der Waals surface area contributed by atoms with Gasteiger partial charge in [-0.25, -0.2) is 4.79 Å². The zero-order valence-electron chi connectivity index (χ0n) is 18.3. The lowest BCUT2D eigenvalue weighted by Crippen LogP contribution is -2.37. The van der Waals surface area contributed by atoms with Crippen molar-refractivity contribution >= 4 is 23.7 Å². The molecule has 0 unspecified atom stereocenters. The van der Waals surface area contributed by atoms with E-state index in [2.05, 4.69) is 22.5 Å². The number of benzene rings is 2. The molecule has 0 atom stereocenters. The van der Waals surface area contributed by atoms with Crippen molar-refractivity contribution in [1.29, 1.82) is 0 Å². The topological polar surface area (TPSA) is 114 Å². The summed E-state index contributed by atoms with van der Waals surface area (Å²) in [6.07, 6.45) is 0.615. The van der Waals surface area contributed by atoms with Gasteiger partial charge in [-0.15, -0.1) is 0 Å². The van der Waals surface area contributed by atoms with Crippen LogP contribution in [0.1, 0.15) is 34.5 Å². The Kier molecular flexibility index (Phi) is 6.12. The van der Waals surface area contributed by atoms with Crippen LogP contribution in [-0.2, 0) is 16.6 Å². The highest BCUT2D eigenvalue weighted by Gasteiger charge is 2.30. The average molecular weight is 448 g/mol. The number of carbonyl (C=O) groups is 3. The van der Waals surface area contributed by atoms with E-state index in [0.29, 0.717) is 0 Å². The van der Waals surface area contributed by atoms with Crippen molar-refractivity contribution in [2.24, 2.45) is 7.05 Å². The Balaban J connectivity index is 1.48. The molecular formula is C24H24N4O5. The highest BCUT2D eigenvalue weighted by Crippen LogP contribution is 2.44. The van der Waals surface area contributed by atoms with Gasteiger partial charge in [-0.3, -0.25) is 19.6 Å². The molecular weight excluding hydrogens is 424 g/mol. The number of aryl methyl sites for hydroxylation is 1. The van der Waals surface area contributed by atoms with Gasteiger partial charge in [-0.05, 0) is 29.2 Å². The molecule has 0 radical (unpaired) electrons. The SMILES string of the molecule is CCN(CC(=O)O)C(=O)c1c(NC(=O)OCC2c3ccccc3-c3ccccc32)cnn1C. The van der Waals surface area contributed by atoms with E-state index in [-0.39, 0.29) is 30.5 Å². The molecule has 170 valence electrons. The fourth-order valence-corrected chi connectivity index (χ4v) is 4.17. The maximum absolute atomic E-state index is 12.8. The molecule has 4 rings (SSSR count). The fourth-order valence-electron chi connectivity index (χ4n) is 4.17. The first kappa shape index (κ1) is 22.1. The molecule has 1 aromatic heterocycles. The summed E-state index contributed by atoms with van der Waals surface area (Å²) in [6.45, 7) is 1.55. The molecule has 33 heavy (non-hydrogen) atoms. The molecule has 3 aromatic rings. The highest BCUT2D eigenvalue weighted by molar-refractivity contribution is 6.02. The van der Waals surface area contributed by atoms with Crippen LogP contribution in [0.2, 0.25) is 0 Å². The number of ether oxygens (including phenoxy) is 1. The number of aromatic nitrogens is 2. The van der Waals surface area contributed by atoms with Crippen LogP contribution < -0.4 is 5.32 Å². The van der Waals surface area contributed by atoms with Crippen LogP contribution in [-0.4, -0.2) is 57.5 Å². The van der Waals surface area contributed by atoms with E-state index >= 15 is 0 Å². The van der Waals surface area contributed by atoms with Crippen LogP contribution in [0.15, 0.2) is 54.7 Å². The minimum atomic E-state index is -1.13. The molecule has 0 saturated carbocycles. The Morgan fingerprint density at radius 2 is 1.70 bits per heavy atom. The van der Waals surface area contributed by atoms with Crippen molar-refractivity contribution in [1.82, 2.24) is 14.7 Å². The minimum Gasteiger partial charge on any atom is -0.480 e. The van der Waals surface area contributed by atoms with Crippen molar-refractivity contribution in [3.8, 4) is 11.1 Å². The van der Waals surface area contributed by atoms with Gasteiger partial charge in [-0.1, -0.05) is 48.5 Å². The van der Waals surface area contributed by atoms with Gasteiger partial charge in [0.2, 0.25) is 0 Å². The third kappa shape index (κ3) is 4.30. The number of nitrogens with one attached hydrogen (secondary N) is 1. The van der Waals surface area contributed by atoms with Crippen molar-refractivity contribution in [3.05, 3.63) is 71.5 Å². The summed E-state index contributed by atoms with van der Waals surface area (Å²) in [5.74, 6) is -1.77. The molecule has 1 heterocycles. The van der Waals surface area contributed by atoms with E-state index in [1.807, 2.05) is 36.4 Å². The number of fused-ring (bicyclic) bond motifs is 3. The Labute approximate surface area is 190 Å². The predicted molar refractivity (Wildman–Crippen MR) is 121 cm³/mol. The summed E-state index contributed by atoms with van der Waals surface area (Å²) in [4.78, 5) is 37.7. The number of hydrogen-bond donors (Lipinski definition) is 2. The lowest BCUT2D eigenvalue weighted by Gasteiger charge is -2.19. The third-order valence-electron chi connectivity index (χ3n) is 5.72. The Bertz CT molecular complexity index is 1170. The monoisotopic (exact) mass is 448 g/mol. The van der Waals surface area contributed by atoms with Crippen LogP contribution >= 0.6 is 0 Å². The van der Waals surface area contributed by atoms with E-state index in [9.17, 15) is 14.4 Å². The molecule has 1 aliphatic carbocycles. The van der Waals surface area contributed by atoms with E-state index < -0.39 is 24.5 Å². The number of likely N-dealkylation sites (N-methyl/N-ethyl adjacent to an activating group) is 1. The second kappa shape index (κ2) is 9.15. The van der Waals surface area contributed by atoms with Gasteiger partial charge in [0.25, 0.3) is 5.91 Å². The van der Waals surface area contributed by atoms with Gasteiger partial charge in [0, 0.05) is 19.5 Å². The zero-order valence-corrected chi connectivity index (χ0v) is 18.3. The molecule has 0 aliphatic heterocycles. The van der Waals surface area contributed by atoms with Crippen LogP contribution in [0.4, 0.5) is 10.5 Å². The molecule has 9 heteroatoms. The smallest absolute Gasteiger partial charge is 0.411 e. The first-order valence-electron chi connectivity index (χ1n) is 10.6. The zero-order chi connectivity index (χ0) is 23.5. The van der Waals surface area contributed by atoms with Gasteiger partial charge >= 0.3 is 12.1 Å². The highest BCUT2D eigenvalue weighted by atomic mass is 16.5. The maximum Gasteiger partial charge on any atom is 0.411 e. The number of rotatable bonds is 7. The van der Waals surface area contributed by atoms with Crippen molar-refractivity contribution in [2.75, 3.05) is 25.0 Å². The van der Waals surface area contributed by atoms with Gasteiger partial charge in [0.05, 0.1) is 11.9 Å². The Morgan fingerprint density at radius 1 is 1.09 bits per heavy atom. The summed E-state index contributed by atoms with van der Waals surface area (Å²) in [5, 5.41) is 15.7. The first-order valence-corrected chi connectivity index (χ1v) is 10.6. The number of nitrogens with zero attached hydrogens (tertiary/aromatic N) is 3. The number of carboxylic acid groups (broad SMARTS) is 1. The van der Waals surface area contributed by atoms with Gasteiger partial charge in [0.15, 0.2) is 0 Å². The predicted octanol–water partition coefficient (Wildman–Crippen LogP) is 3.33. The van der Waals surface area contributed by atoms with Crippen LogP contribution in [0.25, 0.3) is 11.1 Å². The summed E-state index contributed by atoms with van der Waals surface area (Å²) in [7, 11) is 1.55. The van der Waals surface area contributed by atoms with E-state index in [1.165, 1.54) is 10.9 Å².